The Labute approximate surface area is 65.6 Å². The Morgan fingerprint density at radius 3 is 1.73 bits per heavy atom. The van der Waals surface area contributed by atoms with Gasteiger partial charge in [-0.15, -0.1) is 0 Å². The summed E-state index contributed by atoms with van der Waals surface area (Å²) in [5.41, 5.74) is 1.16. The Kier molecular flexibility index (Phi) is 2.03. The Balaban J connectivity index is 2.93. The van der Waals surface area contributed by atoms with Crippen LogP contribution in [0.3, 0.4) is 0 Å². The van der Waals surface area contributed by atoms with E-state index in [0.29, 0.717) is 17.6 Å². The van der Waals surface area contributed by atoms with Crippen molar-refractivity contribution in [3.05, 3.63) is 23.3 Å². The van der Waals surface area contributed by atoms with E-state index >= 15 is 0 Å². The van der Waals surface area contributed by atoms with E-state index in [1.54, 1.807) is 12.2 Å². The van der Waals surface area contributed by atoms with Gasteiger partial charge in [0.2, 0.25) is 0 Å². The summed E-state index contributed by atoms with van der Waals surface area (Å²) in [5.74, 6) is -0.0482. The first kappa shape index (κ1) is 7.92. The molecule has 0 spiro atoms. The van der Waals surface area contributed by atoms with E-state index in [4.69, 9.17) is 0 Å². The molecule has 2 heteroatoms. The average Bonchev–Trinajstić information content (AvgIpc) is 2.32. The highest BCUT2D eigenvalue weighted by Gasteiger charge is 2.16. The third-order valence-corrected chi connectivity index (χ3v) is 1.69. The minimum atomic E-state index is -0.0241. The normalized spacial score (nSPS) is 15.8. The molecule has 0 unspecified atom stereocenters. The summed E-state index contributed by atoms with van der Waals surface area (Å²) in [4.78, 5) is 21.8. The zero-order valence-corrected chi connectivity index (χ0v) is 6.68. The van der Waals surface area contributed by atoms with E-state index in [0.717, 1.165) is 0 Å². The van der Waals surface area contributed by atoms with Crippen molar-refractivity contribution in [2.45, 2.75) is 20.3 Å². The molecular formula is C9H10O2. The zero-order chi connectivity index (χ0) is 8.43. The summed E-state index contributed by atoms with van der Waals surface area (Å²) < 4.78 is 0. The van der Waals surface area contributed by atoms with Gasteiger partial charge in [-0.05, 0) is 20.3 Å². The average molecular weight is 150 g/mol. The van der Waals surface area contributed by atoms with Gasteiger partial charge in [-0.3, -0.25) is 9.59 Å². The molecule has 0 N–H and O–H groups in total. The molecule has 1 aliphatic carbocycles. The second-order valence-corrected chi connectivity index (χ2v) is 2.58. The molecule has 0 aliphatic heterocycles. The molecule has 0 aromatic heterocycles. The molecule has 0 heterocycles. The second-order valence-electron chi connectivity index (χ2n) is 2.58. The van der Waals surface area contributed by atoms with Crippen molar-refractivity contribution in [3.8, 4) is 0 Å². The fourth-order valence-electron chi connectivity index (χ4n) is 1.18. The summed E-state index contributed by atoms with van der Waals surface area (Å²) in [6.07, 6.45) is 4.29. The van der Waals surface area contributed by atoms with Gasteiger partial charge in [0.05, 0.1) is 0 Å². The summed E-state index contributed by atoms with van der Waals surface area (Å²) in [7, 11) is 0. The maximum atomic E-state index is 10.9. The van der Waals surface area contributed by atoms with Gasteiger partial charge in [0.15, 0.2) is 11.6 Å². The van der Waals surface area contributed by atoms with Crippen molar-refractivity contribution < 1.29 is 9.59 Å². The highest BCUT2D eigenvalue weighted by Crippen LogP contribution is 2.20. The lowest BCUT2D eigenvalue weighted by atomic mass is 10.0. The topological polar surface area (TPSA) is 34.1 Å². The Morgan fingerprint density at radius 1 is 1.09 bits per heavy atom. The van der Waals surface area contributed by atoms with Gasteiger partial charge in [-0.2, -0.15) is 0 Å². The largest absolute Gasteiger partial charge is 0.294 e. The lowest BCUT2D eigenvalue weighted by Gasteiger charge is -1.98. The third kappa shape index (κ3) is 1.45. The maximum Gasteiger partial charge on any atom is 0.160 e. The number of carbonyl (C=O) groups is 2. The van der Waals surface area contributed by atoms with Crippen LogP contribution in [-0.4, -0.2) is 11.6 Å². The Morgan fingerprint density at radius 2 is 1.45 bits per heavy atom. The maximum absolute atomic E-state index is 10.9. The molecule has 0 radical (unpaired) electrons. The van der Waals surface area contributed by atoms with Gasteiger partial charge in [-0.25, -0.2) is 0 Å². The van der Waals surface area contributed by atoms with Crippen molar-refractivity contribution in [2.75, 3.05) is 0 Å². The first-order valence-electron chi connectivity index (χ1n) is 3.55. The summed E-state index contributed by atoms with van der Waals surface area (Å²) >= 11 is 0. The van der Waals surface area contributed by atoms with Crippen LogP contribution in [0.1, 0.15) is 20.3 Å². The number of ketones is 2. The van der Waals surface area contributed by atoms with E-state index < -0.39 is 0 Å². The number of rotatable bonds is 2. The van der Waals surface area contributed by atoms with Gasteiger partial charge in [0.25, 0.3) is 0 Å². The van der Waals surface area contributed by atoms with Gasteiger partial charge in [-0.1, -0.05) is 12.2 Å². The summed E-state index contributed by atoms with van der Waals surface area (Å²) in [5, 5.41) is 0. The van der Waals surface area contributed by atoms with Crippen molar-refractivity contribution in [3.63, 3.8) is 0 Å². The highest BCUT2D eigenvalue weighted by atomic mass is 16.1. The SMILES string of the molecule is CC(=O)C1=CCC=C1C(C)=O. The molecule has 58 valence electrons. The van der Waals surface area contributed by atoms with E-state index in [9.17, 15) is 9.59 Å². The predicted molar refractivity (Wildman–Crippen MR) is 42.1 cm³/mol. The molecule has 1 rings (SSSR count). The molecule has 0 fully saturated rings. The van der Waals surface area contributed by atoms with E-state index in [1.165, 1.54) is 13.8 Å². The number of hydrogen-bond acceptors (Lipinski definition) is 2. The molecule has 1 aliphatic rings. The van der Waals surface area contributed by atoms with Gasteiger partial charge >= 0.3 is 0 Å². The van der Waals surface area contributed by atoms with Crippen LogP contribution in [0.4, 0.5) is 0 Å². The van der Waals surface area contributed by atoms with Crippen LogP contribution in [0.5, 0.6) is 0 Å². The Bertz CT molecular complexity index is 241. The molecule has 0 amide bonds. The first-order chi connectivity index (χ1) is 5.13. The first-order valence-corrected chi connectivity index (χ1v) is 3.55. The molecule has 2 nitrogen and oxygen atoms in total. The molecule has 0 bridgehead atoms. The van der Waals surface area contributed by atoms with Crippen LogP contribution < -0.4 is 0 Å². The highest BCUT2D eigenvalue weighted by molar-refractivity contribution is 6.11. The molecular weight excluding hydrogens is 140 g/mol. The van der Waals surface area contributed by atoms with Crippen LogP contribution >= 0.6 is 0 Å². The van der Waals surface area contributed by atoms with Crippen LogP contribution in [0.25, 0.3) is 0 Å². The molecule has 0 aromatic carbocycles. The lowest BCUT2D eigenvalue weighted by Crippen LogP contribution is -2.04. The number of allylic oxidation sites excluding steroid dienone is 4. The summed E-state index contributed by atoms with van der Waals surface area (Å²) in [6.45, 7) is 2.96. The second kappa shape index (κ2) is 2.82. The molecule has 11 heavy (non-hydrogen) atoms. The fraction of sp³-hybridized carbons (Fsp3) is 0.333. The van der Waals surface area contributed by atoms with E-state index in [-0.39, 0.29) is 11.6 Å². The van der Waals surface area contributed by atoms with Crippen molar-refractivity contribution >= 4 is 11.6 Å². The van der Waals surface area contributed by atoms with Gasteiger partial charge in [0.1, 0.15) is 0 Å². The standard InChI is InChI=1S/C9H10O2/c1-6(10)8-4-3-5-9(8)7(2)11/h4-5H,3H2,1-2H3. The fourth-order valence-corrected chi connectivity index (χ4v) is 1.18. The molecule has 0 saturated carbocycles. The Hall–Kier alpha value is -1.18. The lowest BCUT2D eigenvalue weighted by molar-refractivity contribution is -0.116. The molecule has 0 saturated heterocycles. The van der Waals surface area contributed by atoms with Crippen LogP contribution in [0.15, 0.2) is 23.3 Å². The molecule has 0 aromatic rings. The molecule has 0 atom stereocenters. The minimum absolute atomic E-state index is 0.0241. The van der Waals surface area contributed by atoms with E-state index in [2.05, 4.69) is 0 Å². The zero-order valence-electron chi connectivity index (χ0n) is 6.68. The smallest absolute Gasteiger partial charge is 0.160 e. The van der Waals surface area contributed by atoms with Crippen molar-refractivity contribution in [2.24, 2.45) is 0 Å². The summed E-state index contributed by atoms with van der Waals surface area (Å²) in [6, 6.07) is 0. The van der Waals surface area contributed by atoms with Crippen LogP contribution in [-0.2, 0) is 9.59 Å². The van der Waals surface area contributed by atoms with E-state index in [1.807, 2.05) is 0 Å². The van der Waals surface area contributed by atoms with Crippen molar-refractivity contribution in [1.82, 2.24) is 0 Å². The van der Waals surface area contributed by atoms with Crippen LogP contribution in [0, 0.1) is 0 Å². The third-order valence-electron chi connectivity index (χ3n) is 1.69. The van der Waals surface area contributed by atoms with Crippen LogP contribution in [0.2, 0.25) is 0 Å². The quantitative estimate of drug-likeness (QED) is 0.596. The van der Waals surface area contributed by atoms with Gasteiger partial charge in [0, 0.05) is 11.1 Å². The monoisotopic (exact) mass is 150 g/mol. The number of hydrogen-bond donors (Lipinski definition) is 0. The predicted octanol–water partition coefficient (Wildman–Crippen LogP) is 1.42. The number of carbonyl (C=O) groups excluding carboxylic acids is 2. The number of Topliss-reactive ketones (excluding diaryl/α,β-unsaturated/α-hetero) is 2. The minimum Gasteiger partial charge on any atom is -0.294 e. The van der Waals surface area contributed by atoms with Gasteiger partial charge < -0.3 is 0 Å². The van der Waals surface area contributed by atoms with Crippen molar-refractivity contribution in [1.29, 1.82) is 0 Å².